The molecule has 4 nitrogen and oxygen atoms in total. The van der Waals surface area contributed by atoms with E-state index >= 15 is 0 Å². The molecule has 1 heterocycles. The summed E-state index contributed by atoms with van der Waals surface area (Å²) in [5.41, 5.74) is 0. The van der Waals surface area contributed by atoms with Crippen molar-refractivity contribution < 1.29 is 8.42 Å². The van der Waals surface area contributed by atoms with Crippen LogP contribution < -0.4 is 10.0 Å². The molecule has 2 N–H and O–H groups in total. The number of hydrogen-bond acceptors (Lipinski definition) is 3. The van der Waals surface area contributed by atoms with Crippen molar-refractivity contribution in [1.29, 1.82) is 0 Å². The van der Waals surface area contributed by atoms with Crippen molar-refractivity contribution in [3.05, 3.63) is 0 Å². The van der Waals surface area contributed by atoms with Crippen LogP contribution in [0.3, 0.4) is 0 Å². The fraction of sp³-hybridized carbons (Fsp3) is 1.00. The Morgan fingerprint density at radius 2 is 2.25 bits per heavy atom. The third-order valence-corrected chi connectivity index (χ3v) is 4.63. The second-order valence-electron chi connectivity index (χ2n) is 4.84. The lowest BCUT2D eigenvalue weighted by Gasteiger charge is -2.24. The van der Waals surface area contributed by atoms with Gasteiger partial charge in [0.05, 0.1) is 5.75 Å². The molecule has 0 aromatic carbocycles. The van der Waals surface area contributed by atoms with E-state index < -0.39 is 10.0 Å². The van der Waals surface area contributed by atoms with Gasteiger partial charge in [-0.1, -0.05) is 20.3 Å². The van der Waals surface area contributed by atoms with Crippen LogP contribution in [-0.2, 0) is 10.0 Å². The van der Waals surface area contributed by atoms with Crippen molar-refractivity contribution >= 4 is 10.0 Å². The van der Waals surface area contributed by atoms with Gasteiger partial charge in [0.15, 0.2) is 0 Å². The van der Waals surface area contributed by atoms with Gasteiger partial charge in [-0.3, -0.25) is 0 Å². The molecule has 0 spiro atoms. The van der Waals surface area contributed by atoms with E-state index in [1.165, 1.54) is 0 Å². The van der Waals surface area contributed by atoms with E-state index in [0.717, 1.165) is 38.8 Å². The van der Waals surface area contributed by atoms with Gasteiger partial charge in [-0.05, 0) is 31.7 Å². The van der Waals surface area contributed by atoms with E-state index in [1.807, 2.05) is 6.92 Å². The molecule has 0 saturated carbocycles. The molecule has 5 heteroatoms. The van der Waals surface area contributed by atoms with Gasteiger partial charge in [0.2, 0.25) is 10.0 Å². The maximum atomic E-state index is 11.8. The van der Waals surface area contributed by atoms with Crippen LogP contribution in [0.15, 0.2) is 0 Å². The van der Waals surface area contributed by atoms with Gasteiger partial charge in [0.25, 0.3) is 0 Å². The van der Waals surface area contributed by atoms with Gasteiger partial charge in [0.1, 0.15) is 0 Å². The van der Waals surface area contributed by atoms with E-state index in [9.17, 15) is 8.42 Å². The summed E-state index contributed by atoms with van der Waals surface area (Å²) in [7, 11) is -3.09. The van der Waals surface area contributed by atoms with Crippen LogP contribution in [0.2, 0.25) is 0 Å². The van der Waals surface area contributed by atoms with Crippen molar-refractivity contribution in [3.8, 4) is 0 Å². The standard InChI is InChI=1S/C11H24N2O2S/c1-3-5-10(2)9-16(14,15)13-11-6-4-7-12-8-11/h10-13H,3-9H2,1-2H3. The minimum absolute atomic E-state index is 0.0903. The van der Waals surface area contributed by atoms with E-state index in [-0.39, 0.29) is 17.7 Å². The van der Waals surface area contributed by atoms with E-state index in [1.54, 1.807) is 0 Å². The Kier molecular flexibility index (Phi) is 5.72. The van der Waals surface area contributed by atoms with Gasteiger partial charge in [-0.2, -0.15) is 0 Å². The molecule has 0 amide bonds. The SMILES string of the molecule is CCCC(C)CS(=O)(=O)NC1CCCNC1. The smallest absolute Gasteiger partial charge is 0.212 e. The molecule has 2 unspecified atom stereocenters. The molecule has 0 aliphatic carbocycles. The van der Waals surface area contributed by atoms with Crippen LogP contribution in [0.25, 0.3) is 0 Å². The monoisotopic (exact) mass is 248 g/mol. The fourth-order valence-corrected chi connectivity index (χ4v) is 3.93. The van der Waals surface area contributed by atoms with Crippen LogP contribution in [0.5, 0.6) is 0 Å². The van der Waals surface area contributed by atoms with Crippen LogP contribution >= 0.6 is 0 Å². The molecule has 0 aromatic rings. The Morgan fingerprint density at radius 1 is 1.50 bits per heavy atom. The Balaban J connectivity index is 2.38. The highest BCUT2D eigenvalue weighted by Gasteiger charge is 2.21. The third-order valence-electron chi connectivity index (χ3n) is 2.93. The molecule has 0 bridgehead atoms. The first-order chi connectivity index (χ1) is 7.53. The summed E-state index contributed by atoms with van der Waals surface area (Å²) in [6.07, 6.45) is 4.03. The minimum Gasteiger partial charge on any atom is -0.315 e. The average Bonchev–Trinajstić information content (AvgIpc) is 2.17. The second kappa shape index (κ2) is 6.57. The van der Waals surface area contributed by atoms with Crippen LogP contribution in [0.1, 0.15) is 39.5 Å². The molecule has 1 fully saturated rings. The van der Waals surface area contributed by atoms with E-state index in [2.05, 4.69) is 17.0 Å². The molecule has 16 heavy (non-hydrogen) atoms. The average molecular weight is 248 g/mol. The van der Waals surface area contributed by atoms with Crippen molar-refractivity contribution in [3.63, 3.8) is 0 Å². The molecular weight excluding hydrogens is 224 g/mol. The summed E-state index contributed by atoms with van der Waals surface area (Å²) < 4.78 is 26.5. The zero-order valence-corrected chi connectivity index (χ0v) is 11.1. The molecule has 96 valence electrons. The molecule has 2 atom stereocenters. The van der Waals surface area contributed by atoms with Gasteiger partial charge < -0.3 is 5.32 Å². The molecule has 0 radical (unpaired) electrons. The zero-order valence-electron chi connectivity index (χ0n) is 10.3. The number of sulfonamides is 1. The normalized spacial score (nSPS) is 24.2. The lowest BCUT2D eigenvalue weighted by Crippen LogP contribution is -2.46. The fourth-order valence-electron chi connectivity index (χ4n) is 2.21. The summed E-state index contributed by atoms with van der Waals surface area (Å²) in [6, 6.07) is 0.0903. The van der Waals surface area contributed by atoms with Crippen molar-refractivity contribution in [1.82, 2.24) is 10.0 Å². The summed E-state index contributed by atoms with van der Waals surface area (Å²) in [4.78, 5) is 0. The lowest BCUT2D eigenvalue weighted by atomic mass is 10.1. The predicted molar refractivity (Wildman–Crippen MR) is 66.9 cm³/mol. The highest BCUT2D eigenvalue weighted by atomic mass is 32.2. The summed E-state index contributed by atoms with van der Waals surface area (Å²) >= 11 is 0. The second-order valence-corrected chi connectivity index (χ2v) is 6.63. The topological polar surface area (TPSA) is 58.2 Å². The van der Waals surface area contributed by atoms with Gasteiger partial charge in [-0.25, -0.2) is 13.1 Å². The predicted octanol–water partition coefficient (Wildman–Crippen LogP) is 1.09. The molecule has 1 saturated heterocycles. The quantitative estimate of drug-likeness (QED) is 0.740. The summed E-state index contributed by atoms with van der Waals surface area (Å²) in [5, 5.41) is 3.21. The van der Waals surface area contributed by atoms with Gasteiger partial charge in [-0.15, -0.1) is 0 Å². The lowest BCUT2D eigenvalue weighted by molar-refractivity contribution is 0.426. The molecule has 1 aliphatic heterocycles. The van der Waals surface area contributed by atoms with Crippen molar-refractivity contribution in [2.75, 3.05) is 18.8 Å². The largest absolute Gasteiger partial charge is 0.315 e. The van der Waals surface area contributed by atoms with Gasteiger partial charge in [0, 0.05) is 12.6 Å². The first kappa shape index (κ1) is 13.9. The molecule has 0 aromatic heterocycles. The van der Waals surface area contributed by atoms with Crippen LogP contribution in [-0.4, -0.2) is 33.3 Å². The Labute approximate surface area is 99.2 Å². The van der Waals surface area contributed by atoms with E-state index in [4.69, 9.17) is 0 Å². The molecular formula is C11H24N2O2S. The highest BCUT2D eigenvalue weighted by molar-refractivity contribution is 7.89. The number of rotatable bonds is 6. The maximum Gasteiger partial charge on any atom is 0.212 e. The van der Waals surface area contributed by atoms with Gasteiger partial charge >= 0.3 is 0 Å². The molecule has 1 rings (SSSR count). The van der Waals surface area contributed by atoms with Crippen molar-refractivity contribution in [2.24, 2.45) is 5.92 Å². The zero-order chi connectivity index (χ0) is 12.0. The number of nitrogens with one attached hydrogen (secondary N) is 2. The van der Waals surface area contributed by atoms with E-state index in [0.29, 0.717) is 0 Å². The Hall–Kier alpha value is -0.130. The minimum atomic E-state index is -3.09. The Morgan fingerprint density at radius 3 is 2.81 bits per heavy atom. The summed E-state index contributed by atoms with van der Waals surface area (Å²) in [6.45, 7) is 5.86. The first-order valence-electron chi connectivity index (χ1n) is 6.24. The Bertz CT molecular complexity index is 284. The highest BCUT2D eigenvalue weighted by Crippen LogP contribution is 2.09. The maximum absolute atomic E-state index is 11.8. The van der Waals surface area contributed by atoms with Crippen LogP contribution in [0, 0.1) is 5.92 Å². The number of hydrogen-bond donors (Lipinski definition) is 2. The van der Waals surface area contributed by atoms with Crippen molar-refractivity contribution in [2.45, 2.75) is 45.6 Å². The first-order valence-corrected chi connectivity index (χ1v) is 7.89. The number of piperidine rings is 1. The third kappa shape index (κ3) is 5.27. The molecule has 1 aliphatic rings. The van der Waals surface area contributed by atoms with Crippen LogP contribution in [0.4, 0.5) is 0 Å². The summed E-state index contributed by atoms with van der Waals surface area (Å²) in [5.74, 6) is 0.510.